The van der Waals surface area contributed by atoms with E-state index in [1.54, 1.807) is 42.1 Å². The van der Waals surface area contributed by atoms with Crippen molar-refractivity contribution in [1.82, 2.24) is 0 Å². The van der Waals surface area contributed by atoms with Crippen molar-refractivity contribution in [2.75, 3.05) is 11.1 Å². The average molecular weight is 303 g/mol. The zero-order chi connectivity index (χ0) is 14.8. The molecule has 0 fully saturated rings. The van der Waals surface area contributed by atoms with Gasteiger partial charge >= 0.3 is 5.97 Å². The molecule has 0 aliphatic carbocycles. The number of hydrogen-bond acceptors (Lipinski definition) is 3. The van der Waals surface area contributed by atoms with Gasteiger partial charge in [-0.3, -0.25) is 0 Å². The van der Waals surface area contributed by atoms with Crippen molar-refractivity contribution in [2.45, 2.75) is 17.4 Å². The SMILES string of the molecule is O=C(O)c1ccc(NC2CCSc3c(F)cccc32)cc1. The standard InChI is InChI=1S/C16H14FNO2S/c17-13-3-1-2-12-14(8-9-21-15(12)13)18-11-6-4-10(5-7-11)16(19)20/h1-7,14,18H,8-9H2,(H,19,20). The molecule has 0 radical (unpaired) electrons. The van der Waals surface area contributed by atoms with Crippen LogP contribution >= 0.6 is 11.8 Å². The lowest BCUT2D eigenvalue weighted by Crippen LogP contribution is -2.16. The lowest BCUT2D eigenvalue weighted by atomic mass is 10.0. The largest absolute Gasteiger partial charge is 0.478 e. The molecule has 108 valence electrons. The van der Waals surface area contributed by atoms with Crippen molar-refractivity contribution in [1.29, 1.82) is 0 Å². The smallest absolute Gasteiger partial charge is 0.335 e. The Hall–Kier alpha value is -2.01. The summed E-state index contributed by atoms with van der Waals surface area (Å²) < 4.78 is 13.8. The molecule has 2 N–H and O–H groups in total. The number of halogens is 1. The van der Waals surface area contributed by atoms with E-state index in [1.165, 1.54) is 6.07 Å². The second-order valence-electron chi connectivity index (χ2n) is 4.87. The Morgan fingerprint density at radius 2 is 2.00 bits per heavy atom. The van der Waals surface area contributed by atoms with Crippen LogP contribution in [-0.4, -0.2) is 16.8 Å². The number of benzene rings is 2. The van der Waals surface area contributed by atoms with E-state index in [2.05, 4.69) is 5.32 Å². The summed E-state index contributed by atoms with van der Waals surface area (Å²) >= 11 is 1.54. The first-order chi connectivity index (χ1) is 10.1. The molecule has 2 aromatic rings. The minimum atomic E-state index is -0.942. The fourth-order valence-corrected chi connectivity index (χ4v) is 3.59. The second kappa shape index (κ2) is 5.77. The van der Waals surface area contributed by atoms with E-state index in [0.717, 1.165) is 23.4 Å². The first-order valence-electron chi connectivity index (χ1n) is 6.66. The fourth-order valence-electron chi connectivity index (χ4n) is 2.45. The van der Waals surface area contributed by atoms with Crippen LogP contribution in [0.2, 0.25) is 0 Å². The van der Waals surface area contributed by atoms with Crippen molar-refractivity contribution in [3.8, 4) is 0 Å². The van der Waals surface area contributed by atoms with E-state index in [0.29, 0.717) is 4.90 Å². The Bertz CT molecular complexity index is 672. The zero-order valence-electron chi connectivity index (χ0n) is 11.2. The first-order valence-corrected chi connectivity index (χ1v) is 7.65. The predicted molar refractivity (Wildman–Crippen MR) is 81.5 cm³/mol. The third-order valence-corrected chi connectivity index (χ3v) is 4.66. The van der Waals surface area contributed by atoms with Crippen LogP contribution in [0.1, 0.15) is 28.4 Å². The van der Waals surface area contributed by atoms with Crippen LogP contribution in [0.5, 0.6) is 0 Å². The summed E-state index contributed by atoms with van der Waals surface area (Å²) in [5.41, 5.74) is 2.06. The molecule has 1 aliphatic heterocycles. The van der Waals surface area contributed by atoms with Crippen molar-refractivity contribution in [3.05, 3.63) is 59.4 Å². The van der Waals surface area contributed by atoms with Crippen LogP contribution in [0.15, 0.2) is 47.4 Å². The molecule has 0 bridgehead atoms. The van der Waals surface area contributed by atoms with Crippen molar-refractivity contribution in [3.63, 3.8) is 0 Å². The van der Waals surface area contributed by atoms with E-state index in [4.69, 9.17) is 5.11 Å². The van der Waals surface area contributed by atoms with Gasteiger partial charge in [0.25, 0.3) is 0 Å². The summed E-state index contributed by atoms with van der Waals surface area (Å²) in [5, 5.41) is 12.3. The molecule has 5 heteroatoms. The molecule has 21 heavy (non-hydrogen) atoms. The summed E-state index contributed by atoms with van der Waals surface area (Å²) in [4.78, 5) is 11.6. The highest BCUT2D eigenvalue weighted by Crippen LogP contribution is 2.39. The quantitative estimate of drug-likeness (QED) is 0.893. The highest BCUT2D eigenvalue weighted by Gasteiger charge is 2.22. The molecular formula is C16H14FNO2S. The summed E-state index contributed by atoms with van der Waals surface area (Å²) in [6.45, 7) is 0. The molecule has 1 unspecified atom stereocenters. The molecule has 0 amide bonds. The van der Waals surface area contributed by atoms with Crippen LogP contribution in [0.4, 0.5) is 10.1 Å². The van der Waals surface area contributed by atoms with Gasteiger partial charge in [0, 0.05) is 16.3 Å². The number of nitrogens with one attached hydrogen (secondary N) is 1. The molecule has 0 spiro atoms. The number of carboxylic acid groups (broad SMARTS) is 1. The molecule has 2 aromatic carbocycles. The van der Waals surface area contributed by atoms with Gasteiger partial charge < -0.3 is 10.4 Å². The van der Waals surface area contributed by atoms with Gasteiger partial charge in [0.15, 0.2) is 0 Å². The van der Waals surface area contributed by atoms with Crippen LogP contribution in [0.25, 0.3) is 0 Å². The number of fused-ring (bicyclic) bond motifs is 1. The minimum Gasteiger partial charge on any atom is -0.478 e. The van der Waals surface area contributed by atoms with Gasteiger partial charge in [-0.2, -0.15) is 0 Å². The van der Waals surface area contributed by atoms with Crippen molar-refractivity contribution in [2.24, 2.45) is 0 Å². The maximum Gasteiger partial charge on any atom is 0.335 e. The maximum atomic E-state index is 13.8. The molecule has 3 rings (SSSR count). The van der Waals surface area contributed by atoms with E-state index in [-0.39, 0.29) is 17.4 Å². The number of rotatable bonds is 3. The Morgan fingerprint density at radius 1 is 1.24 bits per heavy atom. The van der Waals surface area contributed by atoms with Gasteiger partial charge in [0.05, 0.1) is 11.6 Å². The molecule has 0 saturated heterocycles. The molecule has 1 heterocycles. The Labute approximate surface area is 126 Å². The Kier molecular flexibility index (Phi) is 3.84. The first kappa shape index (κ1) is 13.9. The normalized spacial score (nSPS) is 17.1. The Morgan fingerprint density at radius 3 is 2.71 bits per heavy atom. The van der Waals surface area contributed by atoms with Gasteiger partial charge in [0.2, 0.25) is 0 Å². The third kappa shape index (κ3) is 2.88. The molecule has 3 nitrogen and oxygen atoms in total. The van der Waals surface area contributed by atoms with Crippen LogP contribution in [-0.2, 0) is 0 Å². The summed E-state index contributed by atoms with van der Waals surface area (Å²) in [5.74, 6) is -0.257. The number of carbonyl (C=O) groups is 1. The lowest BCUT2D eigenvalue weighted by molar-refractivity contribution is 0.0697. The number of hydrogen-bond donors (Lipinski definition) is 2. The van der Waals surface area contributed by atoms with Gasteiger partial charge in [0.1, 0.15) is 5.82 Å². The van der Waals surface area contributed by atoms with Gasteiger partial charge in [-0.15, -0.1) is 11.8 Å². The van der Waals surface area contributed by atoms with E-state index >= 15 is 0 Å². The number of thioether (sulfide) groups is 1. The van der Waals surface area contributed by atoms with Crippen LogP contribution in [0.3, 0.4) is 0 Å². The third-order valence-electron chi connectivity index (χ3n) is 3.50. The summed E-state index contributed by atoms with van der Waals surface area (Å²) in [6, 6.07) is 11.8. The number of aromatic carboxylic acids is 1. The molecule has 1 aliphatic rings. The minimum absolute atomic E-state index is 0.0487. The van der Waals surface area contributed by atoms with Gasteiger partial charge in [-0.1, -0.05) is 12.1 Å². The maximum absolute atomic E-state index is 13.8. The topological polar surface area (TPSA) is 49.3 Å². The molecule has 0 aromatic heterocycles. The zero-order valence-corrected chi connectivity index (χ0v) is 12.0. The molecule has 0 saturated carbocycles. The van der Waals surface area contributed by atoms with Gasteiger partial charge in [-0.05, 0) is 42.3 Å². The van der Waals surface area contributed by atoms with Crippen LogP contribution in [0, 0.1) is 5.82 Å². The molecular weight excluding hydrogens is 289 g/mol. The Balaban J connectivity index is 1.83. The summed E-state index contributed by atoms with van der Waals surface area (Å²) in [7, 11) is 0. The number of carboxylic acids is 1. The van der Waals surface area contributed by atoms with Crippen molar-refractivity contribution >= 4 is 23.4 Å². The predicted octanol–water partition coefficient (Wildman–Crippen LogP) is 4.17. The molecule has 1 atom stereocenters. The van der Waals surface area contributed by atoms with E-state index in [1.807, 2.05) is 6.07 Å². The number of anilines is 1. The average Bonchev–Trinajstić information content (AvgIpc) is 2.49. The summed E-state index contributed by atoms with van der Waals surface area (Å²) in [6.07, 6.45) is 0.905. The second-order valence-corrected chi connectivity index (χ2v) is 5.98. The highest BCUT2D eigenvalue weighted by atomic mass is 32.2. The monoisotopic (exact) mass is 303 g/mol. The van der Waals surface area contributed by atoms with E-state index in [9.17, 15) is 9.18 Å². The van der Waals surface area contributed by atoms with Crippen LogP contribution < -0.4 is 5.32 Å². The van der Waals surface area contributed by atoms with E-state index < -0.39 is 5.97 Å². The fraction of sp³-hybridized carbons (Fsp3) is 0.188. The lowest BCUT2D eigenvalue weighted by Gasteiger charge is -2.27. The highest BCUT2D eigenvalue weighted by molar-refractivity contribution is 7.99. The van der Waals surface area contributed by atoms with Crippen molar-refractivity contribution < 1.29 is 14.3 Å². The van der Waals surface area contributed by atoms with Gasteiger partial charge in [-0.25, -0.2) is 9.18 Å².